The van der Waals surface area contributed by atoms with E-state index < -0.39 is 10.9 Å². The van der Waals surface area contributed by atoms with E-state index in [0.717, 1.165) is 18.2 Å². The molecule has 0 unspecified atom stereocenters. The van der Waals surface area contributed by atoms with Gasteiger partial charge in [-0.25, -0.2) is 0 Å². The third kappa shape index (κ3) is 4.24. The largest absolute Gasteiger partial charge is 1.00 e. The molecule has 0 aliphatic heterocycles. The van der Waals surface area contributed by atoms with Gasteiger partial charge in [-0.1, -0.05) is 0 Å². The van der Waals surface area contributed by atoms with Crippen molar-refractivity contribution in [3.05, 3.63) is 33.9 Å². The van der Waals surface area contributed by atoms with Gasteiger partial charge in [-0.15, -0.1) is 0 Å². The van der Waals surface area contributed by atoms with Gasteiger partial charge in [-0.2, -0.15) is 0 Å². The first kappa shape index (κ1) is 16.9. The molecule has 0 bridgehead atoms. The van der Waals surface area contributed by atoms with Gasteiger partial charge in [0, 0.05) is 23.4 Å². The van der Waals surface area contributed by atoms with Gasteiger partial charge in [0.15, 0.2) is 0 Å². The van der Waals surface area contributed by atoms with E-state index in [-0.39, 0.29) is 73.8 Å². The van der Waals surface area contributed by atoms with Crippen LogP contribution in [0.25, 0.3) is 0 Å². The van der Waals surface area contributed by atoms with Gasteiger partial charge < -0.3 is 21.1 Å². The number of carbonyl (C=O) groups excluding carboxylic acids is 1. The van der Waals surface area contributed by atoms with Crippen LogP contribution in [0.3, 0.4) is 0 Å². The fraction of sp³-hybridized carbons (Fsp3) is 0. The Morgan fingerprint density at radius 2 is 1.93 bits per heavy atom. The Morgan fingerprint density at radius 3 is 2.27 bits per heavy atom. The van der Waals surface area contributed by atoms with Crippen molar-refractivity contribution < 1.29 is 71.7 Å². The van der Waals surface area contributed by atoms with Crippen molar-refractivity contribution in [1.29, 1.82) is 0 Å². The van der Waals surface area contributed by atoms with Crippen molar-refractivity contribution in [2.24, 2.45) is 0 Å². The molecule has 0 saturated heterocycles. The number of hydrogen-bond acceptors (Lipinski definition) is 5. The average Bonchev–Trinajstić information content (AvgIpc) is 2.03. The van der Waals surface area contributed by atoms with Crippen LogP contribution in [-0.2, 0) is 0 Å². The number of nitrogens with two attached hydrogens (primary N) is 1. The molecule has 1 aromatic rings. The second kappa shape index (κ2) is 6.88. The molecule has 0 amide bonds. The summed E-state index contributed by atoms with van der Waals surface area (Å²) in [5.74, 6) is -1.45. The fourth-order valence-electron chi connectivity index (χ4n) is 0.850. The fourth-order valence-corrected chi connectivity index (χ4v) is 0.850. The molecule has 7 nitrogen and oxygen atoms in total. The van der Waals surface area contributed by atoms with Gasteiger partial charge in [0.1, 0.15) is 0 Å². The predicted molar refractivity (Wildman–Crippen MR) is 45.5 cm³/mol. The Balaban J connectivity index is 0. The van der Waals surface area contributed by atoms with E-state index in [4.69, 9.17) is 5.73 Å². The summed E-state index contributed by atoms with van der Waals surface area (Å²) in [5.41, 5.74) is 4.57. The number of nitrogens with zero attached hydrogens (tertiary/aromatic N) is 1. The Labute approximate surface area is 127 Å². The summed E-state index contributed by atoms with van der Waals surface area (Å²) in [7, 11) is 0. The van der Waals surface area contributed by atoms with Crippen LogP contribution in [0.4, 0.5) is 11.4 Å². The Kier molecular flexibility index (Phi) is 7.75. The molecule has 0 spiro atoms. The van der Waals surface area contributed by atoms with Crippen LogP contribution < -0.4 is 62.2 Å². The zero-order chi connectivity index (χ0) is 10.0. The standard InChI is InChI=1S/C7H6N2O4.K.H2O/c8-6-3-4(9(12)13)1-2-5(6)7(10)11;;/h1-3H,8H2,(H,10,11);;1H2/q;+1;/p-1. The minimum atomic E-state index is -1.45. The summed E-state index contributed by atoms with van der Waals surface area (Å²) in [5, 5.41) is 20.6. The quantitative estimate of drug-likeness (QED) is 0.240. The first-order valence-corrected chi connectivity index (χ1v) is 3.27. The molecule has 1 rings (SSSR count). The maximum atomic E-state index is 10.3. The van der Waals surface area contributed by atoms with Crippen LogP contribution in [0.15, 0.2) is 18.2 Å². The molecule has 0 aliphatic rings. The summed E-state index contributed by atoms with van der Waals surface area (Å²) in [6.07, 6.45) is 0. The van der Waals surface area contributed by atoms with Crippen LogP contribution in [0, 0.1) is 10.1 Å². The number of non-ortho nitro benzene ring substituents is 1. The maximum absolute atomic E-state index is 10.3. The third-order valence-corrected chi connectivity index (χ3v) is 1.47. The van der Waals surface area contributed by atoms with Gasteiger partial charge >= 0.3 is 51.4 Å². The molecule has 8 heteroatoms. The second-order valence-corrected chi connectivity index (χ2v) is 2.32. The Morgan fingerprint density at radius 1 is 1.40 bits per heavy atom. The monoisotopic (exact) mass is 238 g/mol. The molecule has 76 valence electrons. The van der Waals surface area contributed by atoms with Crippen LogP contribution in [0.1, 0.15) is 10.4 Å². The normalized spacial score (nSPS) is 8.27. The molecule has 15 heavy (non-hydrogen) atoms. The van der Waals surface area contributed by atoms with E-state index in [0.29, 0.717) is 0 Å². The summed E-state index contributed by atoms with van der Waals surface area (Å²) >= 11 is 0. The smallest absolute Gasteiger partial charge is 0.545 e. The molecule has 0 aromatic heterocycles. The molecule has 0 atom stereocenters. The average molecular weight is 238 g/mol. The van der Waals surface area contributed by atoms with Gasteiger partial charge in [0.25, 0.3) is 5.69 Å². The summed E-state index contributed by atoms with van der Waals surface area (Å²) < 4.78 is 0. The molecule has 0 radical (unpaired) electrons. The number of carboxylic acids is 1. The van der Waals surface area contributed by atoms with E-state index in [2.05, 4.69) is 0 Å². The number of carbonyl (C=O) groups is 1. The van der Waals surface area contributed by atoms with Crippen LogP contribution in [-0.4, -0.2) is 16.4 Å². The Bertz CT molecular complexity index is 382. The van der Waals surface area contributed by atoms with Crippen molar-refractivity contribution in [3.8, 4) is 0 Å². The van der Waals surface area contributed by atoms with Crippen LogP contribution >= 0.6 is 0 Å². The summed E-state index contributed by atoms with van der Waals surface area (Å²) in [4.78, 5) is 19.9. The number of nitrogen functional groups attached to an aromatic ring is 1. The molecule has 0 fully saturated rings. The molecule has 1 aromatic carbocycles. The number of nitro groups is 1. The number of aromatic carboxylic acids is 1. The molecular formula is C7H7KN2O5. The predicted octanol–water partition coefficient (Wildman–Crippen LogP) is -4.28. The SMILES string of the molecule is Nc1cc([N+](=O)[O-])ccc1C(=O)[O-].O.[K+]. The number of carboxylic acid groups (broad SMARTS) is 1. The van der Waals surface area contributed by atoms with Crippen molar-refractivity contribution in [3.63, 3.8) is 0 Å². The van der Waals surface area contributed by atoms with E-state index in [1.807, 2.05) is 0 Å². The first-order chi connectivity index (χ1) is 6.02. The summed E-state index contributed by atoms with van der Waals surface area (Å²) in [6.45, 7) is 0. The number of rotatable bonds is 2. The number of hydrogen-bond donors (Lipinski definition) is 1. The van der Waals surface area contributed by atoms with E-state index in [1.54, 1.807) is 0 Å². The van der Waals surface area contributed by atoms with Crippen molar-refractivity contribution in [2.45, 2.75) is 0 Å². The van der Waals surface area contributed by atoms with Crippen molar-refractivity contribution in [2.75, 3.05) is 5.73 Å². The van der Waals surface area contributed by atoms with Gasteiger partial charge in [0.2, 0.25) is 0 Å². The van der Waals surface area contributed by atoms with Crippen molar-refractivity contribution in [1.82, 2.24) is 0 Å². The van der Waals surface area contributed by atoms with Crippen LogP contribution in [0.5, 0.6) is 0 Å². The Hall–Kier alpha value is -0.514. The summed E-state index contributed by atoms with van der Waals surface area (Å²) in [6, 6.07) is 3.08. The second-order valence-electron chi connectivity index (χ2n) is 2.32. The third-order valence-electron chi connectivity index (χ3n) is 1.47. The zero-order valence-corrected chi connectivity index (χ0v) is 11.0. The topological polar surface area (TPSA) is 141 Å². The number of anilines is 1. The number of benzene rings is 1. The minimum absolute atomic E-state index is 0. The van der Waals surface area contributed by atoms with E-state index >= 15 is 0 Å². The molecular weight excluding hydrogens is 231 g/mol. The number of nitro benzene ring substituents is 1. The molecule has 0 heterocycles. The van der Waals surface area contributed by atoms with Crippen molar-refractivity contribution >= 4 is 17.3 Å². The first-order valence-electron chi connectivity index (χ1n) is 3.27. The maximum Gasteiger partial charge on any atom is 1.00 e. The van der Waals surface area contributed by atoms with Gasteiger partial charge in [0.05, 0.1) is 10.9 Å². The molecule has 0 saturated carbocycles. The van der Waals surface area contributed by atoms with E-state index in [9.17, 15) is 20.0 Å². The van der Waals surface area contributed by atoms with Crippen LogP contribution in [0.2, 0.25) is 0 Å². The minimum Gasteiger partial charge on any atom is -0.545 e. The zero-order valence-electron chi connectivity index (χ0n) is 7.89. The molecule has 0 aliphatic carbocycles. The molecule has 4 N–H and O–H groups in total. The van der Waals surface area contributed by atoms with E-state index in [1.165, 1.54) is 0 Å². The van der Waals surface area contributed by atoms with Gasteiger partial charge in [-0.3, -0.25) is 10.1 Å². The van der Waals surface area contributed by atoms with Gasteiger partial charge in [-0.05, 0) is 6.07 Å².